The second kappa shape index (κ2) is 6.79. The van der Waals surface area contributed by atoms with E-state index in [1.807, 2.05) is 6.07 Å². The third-order valence-corrected chi connectivity index (χ3v) is 4.37. The maximum absolute atomic E-state index is 11.1. The standard InChI is InChI=1S/C18H25NO2/c1-4-5-6-7-8-11-19-14(3)13(2)16-12-15(18(20)21)9-10-17(16)19/h9-10,12H,4-8,11H2,1-3H3,(H,20,21). The van der Waals surface area contributed by atoms with Crippen molar-refractivity contribution < 1.29 is 9.90 Å². The zero-order valence-electron chi connectivity index (χ0n) is 13.3. The van der Waals surface area contributed by atoms with Gasteiger partial charge in [-0.05, 0) is 44.0 Å². The van der Waals surface area contributed by atoms with Gasteiger partial charge in [-0.1, -0.05) is 32.6 Å². The third-order valence-electron chi connectivity index (χ3n) is 4.37. The number of hydrogen-bond acceptors (Lipinski definition) is 1. The van der Waals surface area contributed by atoms with E-state index in [1.165, 1.54) is 43.4 Å². The second-order valence-electron chi connectivity index (χ2n) is 5.81. The Bertz CT molecular complexity index is 640. The molecule has 0 spiro atoms. The molecular weight excluding hydrogens is 262 g/mol. The number of carbonyl (C=O) groups is 1. The molecule has 21 heavy (non-hydrogen) atoms. The van der Waals surface area contributed by atoms with E-state index in [0.29, 0.717) is 5.56 Å². The van der Waals surface area contributed by atoms with Crippen molar-refractivity contribution in [1.29, 1.82) is 0 Å². The molecule has 0 saturated carbocycles. The highest BCUT2D eigenvalue weighted by Crippen LogP contribution is 2.27. The molecule has 0 saturated heterocycles. The summed E-state index contributed by atoms with van der Waals surface area (Å²) in [6.45, 7) is 7.46. The summed E-state index contributed by atoms with van der Waals surface area (Å²) in [4.78, 5) is 11.1. The number of carboxylic acid groups (broad SMARTS) is 1. The van der Waals surface area contributed by atoms with Crippen LogP contribution >= 0.6 is 0 Å². The Labute approximate surface area is 126 Å². The minimum absolute atomic E-state index is 0.366. The van der Waals surface area contributed by atoms with E-state index >= 15 is 0 Å². The molecular formula is C18H25NO2. The van der Waals surface area contributed by atoms with Crippen molar-refractivity contribution in [3.05, 3.63) is 35.0 Å². The summed E-state index contributed by atoms with van der Waals surface area (Å²) in [5.74, 6) is -0.860. The first-order valence-electron chi connectivity index (χ1n) is 7.89. The Morgan fingerprint density at radius 3 is 2.52 bits per heavy atom. The van der Waals surface area contributed by atoms with Gasteiger partial charge < -0.3 is 9.67 Å². The lowest BCUT2D eigenvalue weighted by Crippen LogP contribution is -2.01. The molecule has 0 radical (unpaired) electrons. The van der Waals surface area contributed by atoms with Crippen LogP contribution in [0, 0.1) is 13.8 Å². The molecule has 1 N–H and O–H groups in total. The fourth-order valence-corrected chi connectivity index (χ4v) is 2.94. The predicted molar refractivity (Wildman–Crippen MR) is 87.1 cm³/mol. The van der Waals surface area contributed by atoms with Gasteiger partial charge in [-0.3, -0.25) is 0 Å². The summed E-state index contributed by atoms with van der Waals surface area (Å²) < 4.78 is 2.34. The first kappa shape index (κ1) is 15.6. The third kappa shape index (κ3) is 3.29. The number of unbranched alkanes of at least 4 members (excludes halogenated alkanes) is 4. The van der Waals surface area contributed by atoms with E-state index in [1.54, 1.807) is 12.1 Å². The van der Waals surface area contributed by atoms with Crippen LogP contribution in [0.2, 0.25) is 0 Å². The van der Waals surface area contributed by atoms with Crippen molar-refractivity contribution in [2.24, 2.45) is 0 Å². The summed E-state index contributed by atoms with van der Waals surface area (Å²) in [5.41, 5.74) is 3.97. The number of benzene rings is 1. The van der Waals surface area contributed by atoms with Gasteiger partial charge in [0.2, 0.25) is 0 Å². The molecule has 0 unspecified atom stereocenters. The van der Waals surface area contributed by atoms with Crippen LogP contribution in [-0.4, -0.2) is 15.6 Å². The van der Waals surface area contributed by atoms with Crippen LogP contribution < -0.4 is 0 Å². The fourth-order valence-electron chi connectivity index (χ4n) is 2.94. The van der Waals surface area contributed by atoms with Gasteiger partial charge in [0, 0.05) is 23.1 Å². The van der Waals surface area contributed by atoms with Crippen molar-refractivity contribution in [3.63, 3.8) is 0 Å². The van der Waals surface area contributed by atoms with Crippen LogP contribution in [0.5, 0.6) is 0 Å². The first-order chi connectivity index (χ1) is 10.1. The fraction of sp³-hybridized carbons (Fsp3) is 0.500. The number of carboxylic acids is 1. The van der Waals surface area contributed by atoms with Crippen LogP contribution in [0.1, 0.15) is 60.6 Å². The van der Waals surface area contributed by atoms with Crippen LogP contribution in [0.25, 0.3) is 10.9 Å². The Morgan fingerprint density at radius 1 is 1.14 bits per heavy atom. The summed E-state index contributed by atoms with van der Waals surface area (Å²) in [6, 6.07) is 5.45. The maximum Gasteiger partial charge on any atom is 0.335 e. The Hall–Kier alpha value is -1.77. The Morgan fingerprint density at radius 2 is 1.86 bits per heavy atom. The van der Waals surface area contributed by atoms with Gasteiger partial charge in [0.25, 0.3) is 0 Å². The molecule has 2 aromatic rings. The zero-order chi connectivity index (χ0) is 15.4. The SMILES string of the molecule is CCCCCCCn1c(C)c(C)c2cc(C(=O)O)ccc21. The first-order valence-corrected chi connectivity index (χ1v) is 7.89. The minimum Gasteiger partial charge on any atom is -0.478 e. The molecule has 0 aliphatic heterocycles. The molecule has 0 aliphatic rings. The van der Waals surface area contributed by atoms with E-state index < -0.39 is 5.97 Å². The van der Waals surface area contributed by atoms with Gasteiger partial charge in [0.05, 0.1) is 5.56 Å². The van der Waals surface area contributed by atoms with Gasteiger partial charge >= 0.3 is 5.97 Å². The van der Waals surface area contributed by atoms with Crippen LogP contribution in [0.4, 0.5) is 0 Å². The highest BCUT2D eigenvalue weighted by atomic mass is 16.4. The Kier molecular flexibility index (Phi) is 5.05. The molecule has 114 valence electrons. The Balaban J connectivity index is 2.23. The molecule has 3 nitrogen and oxygen atoms in total. The van der Waals surface area contributed by atoms with Crippen LogP contribution in [0.15, 0.2) is 18.2 Å². The summed E-state index contributed by atoms with van der Waals surface area (Å²) >= 11 is 0. The number of rotatable bonds is 7. The summed E-state index contributed by atoms with van der Waals surface area (Å²) in [5, 5.41) is 10.2. The number of aromatic carboxylic acids is 1. The van der Waals surface area contributed by atoms with Gasteiger partial charge in [0.1, 0.15) is 0 Å². The highest BCUT2D eigenvalue weighted by Gasteiger charge is 2.13. The quantitative estimate of drug-likeness (QED) is 0.734. The number of hydrogen-bond donors (Lipinski definition) is 1. The van der Waals surface area contributed by atoms with Gasteiger partial charge in [-0.15, -0.1) is 0 Å². The average molecular weight is 287 g/mol. The van der Waals surface area contributed by atoms with Gasteiger partial charge in [-0.2, -0.15) is 0 Å². The molecule has 1 aromatic carbocycles. The van der Waals surface area contributed by atoms with Crippen molar-refractivity contribution in [1.82, 2.24) is 4.57 Å². The van der Waals surface area contributed by atoms with E-state index in [2.05, 4.69) is 25.3 Å². The smallest absolute Gasteiger partial charge is 0.335 e. The molecule has 0 aliphatic carbocycles. The number of fused-ring (bicyclic) bond motifs is 1. The molecule has 1 aromatic heterocycles. The molecule has 0 fully saturated rings. The summed E-state index contributed by atoms with van der Waals surface area (Å²) in [6.07, 6.45) is 6.33. The van der Waals surface area contributed by atoms with Gasteiger partial charge in [-0.25, -0.2) is 4.79 Å². The predicted octanol–water partition coefficient (Wildman–Crippen LogP) is 4.93. The van der Waals surface area contributed by atoms with Crippen molar-refractivity contribution >= 4 is 16.9 Å². The van der Waals surface area contributed by atoms with Crippen molar-refractivity contribution in [2.75, 3.05) is 0 Å². The molecule has 3 heteroatoms. The average Bonchev–Trinajstić information content (AvgIpc) is 2.71. The highest BCUT2D eigenvalue weighted by molar-refractivity contribution is 5.95. The van der Waals surface area contributed by atoms with E-state index in [9.17, 15) is 4.79 Å². The molecule has 0 bridgehead atoms. The lowest BCUT2D eigenvalue weighted by molar-refractivity contribution is 0.0697. The summed E-state index contributed by atoms with van der Waals surface area (Å²) in [7, 11) is 0. The molecule has 2 rings (SSSR count). The monoisotopic (exact) mass is 287 g/mol. The van der Waals surface area contributed by atoms with Crippen LogP contribution in [0.3, 0.4) is 0 Å². The lowest BCUT2D eigenvalue weighted by Gasteiger charge is -2.08. The number of aromatic nitrogens is 1. The minimum atomic E-state index is -0.860. The van der Waals surface area contributed by atoms with Crippen LogP contribution in [-0.2, 0) is 6.54 Å². The normalized spacial score (nSPS) is 11.2. The van der Waals surface area contributed by atoms with E-state index in [-0.39, 0.29) is 0 Å². The second-order valence-corrected chi connectivity index (χ2v) is 5.81. The van der Waals surface area contributed by atoms with E-state index in [0.717, 1.165) is 17.4 Å². The largest absolute Gasteiger partial charge is 0.478 e. The van der Waals surface area contributed by atoms with E-state index in [4.69, 9.17) is 5.11 Å². The zero-order valence-corrected chi connectivity index (χ0v) is 13.3. The lowest BCUT2D eigenvalue weighted by atomic mass is 10.1. The van der Waals surface area contributed by atoms with Crippen molar-refractivity contribution in [3.8, 4) is 0 Å². The molecule has 1 heterocycles. The number of nitrogens with zero attached hydrogens (tertiary/aromatic N) is 1. The topological polar surface area (TPSA) is 42.2 Å². The number of aryl methyl sites for hydroxylation is 2. The van der Waals surface area contributed by atoms with Gasteiger partial charge in [0.15, 0.2) is 0 Å². The molecule has 0 atom stereocenters. The maximum atomic E-state index is 11.1. The van der Waals surface area contributed by atoms with Crippen molar-refractivity contribution in [2.45, 2.75) is 59.4 Å². The molecule has 0 amide bonds.